The summed E-state index contributed by atoms with van der Waals surface area (Å²) in [7, 11) is 0.00673. The highest BCUT2D eigenvalue weighted by Crippen LogP contribution is 2.33. The van der Waals surface area contributed by atoms with Crippen molar-refractivity contribution in [3.8, 4) is 5.75 Å². The van der Waals surface area contributed by atoms with Crippen LogP contribution in [0.2, 0.25) is 0 Å². The first kappa shape index (κ1) is 28.4. The van der Waals surface area contributed by atoms with Crippen LogP contribution in [-0.2, 0) is 23.8 Å². The molecule has 0 radical (unpaired) electrons. The van der Waals surface area contributed by atoms with Gasteiger partial charge in [0, 0.05) is 36.6 Å². The monoisotopic (exact) mass is 556 g/mol. The molecule has 1 heterocycles. The summed E-state index contributed by atoms with van der Waals surface area (Å²) in [4.78, 5) is 14.1. The fraction of sp³-hybridized carbons (Fsp3) is 0.321. The van der Waals surface area contributed by atoms with Gasteiger partial charge < -0.3 is 24.2 Å². The maximum absolute atomic E-state index is 12.1. The van der Waals surface area contributed by atoms with Crippen LogP contribution in [0.1, 0.15) is 5.56 Å². The van der Waals surface area contributed by atoms with Crippen molar-refractivity contribution in [1.82, 2.24) is 4.57 Å². The smallest absolute Gasteiger partial charge is 0.416 e. The molecule has 4 aromatic rings. The molecule has 0 aliphatic heterocycles. The van der Waals surface area contributed by atoms with Gasteiger partial charge in [0.05, 0.1) is 49.0 Å². The fourth-order valence-electron chi connectivity index (χ4n) is 4.08. The predicted molar refractivity (Wildman–Crippen MR) is 149 cm³/mol. The van der Waals surface area contributed by atoms with E-state index in [0.717, 1.165) is 22.0 Å². The number of hydrogen-bond acceptors (Lipinski definition) is 8. The van der Waals surface area contributed by atoms with Gasteiger partial charge in [-0.3, -0.25) is 4.18 Å². The van der Waals surface area contributed by atoms with E-state index in [1.807, 2.05) is 56.3 Å². The van der Waals surface area contributed by atoms with Crippen LogP contribution in [0, 0.1) is 6.92 Å². The van der Waals surface area contributed by atoms with Crippen LogP contribution in [0.3, 0.4) is 0 Å². The van der Waals surface area contributed by atoms with Gasteiger partial charge in [0.2, 0.25) is 0 Å². The van der Waals surface area contributed by atoms with Crippen LogP contribution in [0.5, 0.6) is 5.75 Å². The second kappa shape index (κ2) is 12.5. The predicted octanol–water partition coefficient (Wildman–Crippen LogP) is 4.51. The molecule has 0 spiro atoms. The highest BCUT2D eigenvalue weighted by Gasteiger charge is 2.17. The Labute approximate surface area is 227 Å². The summed E-state index contributed by atoms with van der Waals surface area (Å²) in [5, 5.41) is 11.6. The van der Waals surface area contributed by atoms with Gasteiger partial charge in [-0.15, -0.1) is 0 Å². The largest absolute Gasteiger partial charge is 0.491 e. The average molecular weight is 557 g/mol. The number of fused-ring (bicyclic) bond motifs is 3. The minimum absolute atomic E-state index is 0.0919. The summed E-state index contributed by atoms with van der Waals surface area (Å²) in [5.41, 5.74) is 3.03. The first-order valence-corrected chi connectivity index (χ1v) is 13.8. The lowest BCUT2D eigenvalue weighted by molar-refractivity contribution is 0.0279. The SMILES string of the molecule is Cc1ccc(S(=O)(=O)OCCOCCOCCOc2ccc3c4ccc(N(C)C)cc4n(C(=O)O)c3c2)cc1. The van der Waals surface area contributed by atoms with Gasteiger partial charge in [-0.2, -0.15) is 8.42 Å². The molecule has 0 atom stereocenters. The topological polar surface area (TPSA) is 117 Å². The Kier molecular flexibility index (Phi) is 9.08. The zero-order valence-electron chi connectivity index (χ0n) is 22.1. The van der Waals surface area contributed by atoms with Gasteiger partial charge in [0.25, 0.3) is 10.1 Å². The molecule has 4 rings (SSSR count). The van der Waals surface area contributed by atoms with Crippen molar-refractivity contribution in [1.29, 1.82) is 0 Å². The molecule has 1 N–H and O–H groups in total. The van der Waals surface area contributed by atoms with Crippen molar-refractivity contribution in [2.24, 2.45) is 0 Å². The molecule has 10 nitrogen and oxygen atoms in total. The number of nitrogens with zero attached hydrogens (tertiary/aromatic N) is 2. The van der Waals surface area contributed by atoms with Gasteiger partial charge in [-0.05, 0) is 43.3 Å². The number of anilines is 1. The van der Waals surface area contributed by atoms with E-state index in [9.17, 15) is 18.3 Å². The maximum atomic E-state index is 12.1. The van der Waals surface area contributed by atoms with Crippen molar-refractivity contribution in [2.45, 2.75) is 11.8 Å². The van der Waals surface area contributed by atoms with E-state index in [-0.39, 0.29) is 31.3 Å². The first-order valence-electron chi connectivity index (χ1n) is 12.4. The number of aromatic nitrogens is 1. The first-order chi connectivity index (χ1) is 18.7. The van der Waals surface area contributed by atoms with Crippen LogP contribution >= 0.6 is 0 Å². The number of ether oxygens (including phenoxy) is 3. The van der Waals surface area contributed by atoms with Gasteiger partial charge >= 0.3 is 6.09 Å². The molecule has 0 fully saturated rings. The highest BCUT2D eigenvalue weighted by atomic mass is 32.2. The number of benzene rings is 3. The Bertz CT molecular complexity index is 1550. The molecule has 1 aromatic heterocycles. The van der Waals surface area contributed by atoms with Crippen LogP contribution in [0.15, 0.2) is 65.6 Å². The molecule has 11 heteroatoms. The third kappa shape index (κ3) is 6.87. The molecule has 0 aliphatic carbocycles. The Balaban J connectivity index is 1.20. The van der Waals surface area contributed by atoms with Gasteiger partial charge in [-0.1, -0.05) is 23.8 Å². The molecular formula is C28H32N2O8S. The molecule has 39 heavy (non-hydrogen) atoms. The van der Waals surface area contributed by atoms with Crippen LogP contribution < -0.4 is 9.64 Å². The fourth-order valence-corrected chi connectivity index (χ4v) is 4.97. The maximum Gasteiger partial charge on any atom is 0.416 e. The average Bonchev–Trinajstić information content (AvgIpc) is 3.23. The molecule has 208 valence electrons. The van der Waals surface area contributed by atoms with Gasteiger partial charge in [-0.25, -0.2) is 9.36 Å². The number of carboxylic acid groups (broad SMARTS) is 1. The Morgan fingerprint density at radius 1 is 0.821 bits per heavy atom. The molecular weight excluding hydrogens is 524 g/mol. The third-order valence-corrected chi connectivity index (χ3v) is 7.40. The van der Waals surface area contributed by atoms with Crippen LogP contribution in [0.4, 0.5) is 10.5 Å². The van der Waals surface area contributed by atoms with Crippen molar-refractivity contribution in [3.63, 3.8) is 0 Å². The zero-order valence-corrected chi connectivity index (χ0v) is 22.9. The summed E-state index contributed by atoms with van der Waals surface area (Å²) >= 11 is 0. The quantitative estimate of drug-likeness (QED) is 0.187. The summed E-state index contributed by atoms with van der Waals surface area (Å²) in [6.07, 6.45) is -1.07. The second-order valence-electron chi connectivity index (χ2n) is 9.06. The number of hydrogen-bond donors (Lipinski definition) is 1. The van der Waals surface area contributed by atoms with E-state index in [4.69, 9.17) is 18.4 Å². The molecule has 0 saturated heterocycles. The molecule has 0 saturated carbocycles. The summed E-state index contributed by atoms with van der Waals surface area (Å²) < 4.78 is 47.2. The molecule has 0 unspecified atom stereocenters. The Morgan fingerprint density at radius 2 is 1.41 bits per heavy atom. The Morgan fingerprint density at radius 3 is 2.05 bits per heavy atom. The Hall–Kier alpha value is -3.64. The van der Waals surface area contributed by atoms with Crippen LogP contribution in [0.25, 0.3) is 21.8 Å². The normalized spacial score (nSPS) is 11.8. The van der Waals surface area contributed by atoms with Crippen molar-refractivity contribution in [3.05, 3.63) is 66.2 Å². The lowest BCUT2D eigenvalue weighted by atomic mass is 10.1. The lowest BCUT2D eigenvalue weighted by Crippen LogP contribution is -2.15. The molecule has 0 aliphatic rings. The van der Waals surface area contributed by atoms with Crippen molar-refractivity contribution in [2.75, 3.05) is 58.6 Å². The molecule has 0 amide bonds. The van der Waals surface area contributed by atoms with E-state index < -0.39 is 16.2 Å². The summed E-state index contributed by atoms with van der Waals surface area (Å²) in [5.74, 6) is 0.535. The van der Waals surface area contributed by atoms with Crippen LogP contribution in [-0.4, -0.2) is 77.9 Å². The third-order valence-electron chi connectivity index (χ3n) is 6.07. The van der Waals surface area contributed by atoms with E-state index in [0.29, 0.717) is 30.0 Å². The van der Waals surface area contributed by atoms with E-state index in [2.05, 4.69) is 0 Å². The number of rotatable bonds is 13. The van der Waals surface area contributed by atoms with Gasteiger partial charge in [0.15, 0.2) is 0 Å². The summed E-state index contributed by atoms with van der Waals surface area (Å²) in [6, 6.07) is 17.6. The minimum atomic E-state index is -3.81. The van der Waals surface area contributed by atoms with Crippen molar-refractivity contribution >= 4 is 43.7 Å². The highest BCUT2D eigenvalue weighted by molar-refractivity contribution is 7.86. The van der Waals surface area contributed by atoms with Crippen molar-refractivity contribution < 1.29 is 36.7 Å². The summed E-state index contributed by atoms with van der Waals surface area (Å²) in [6.45, 7) is 3.03. The minimum Gasteiger partial charge on any atom is -0.491 e. The number of aryl methyl sites for hydroxylation is 1. The lowest BCUT2D eigenvalue weighted by Gasteiger charge is -2.12. The van der Waals surface area contributed by atoms with E-state index in [1.54, 1.807) is 18.2 Å². The molecule has 0 bridgehead atoms. The molecule has 3 aromatic carbocycles. The second-order valence-corrected chi connectivity index (χ2v) is 10.7. The van der Waals surface area contributed by atoms with E-state index in [1.165, 1.54) is 16.7 Å². The standard InChI is InChI=1S/C28H32N2O8S/c1-20-4-8-23(9-5-20)39(33,34)38-17-15-36-13-12-35-14-16-37-22-7-11-25-24-10-6-21(29(2)3)18-26(24)30(28(31)32)27(25)19-22/h4-11,18-19H,12-17H2,1-3H3,(H,31,32). The zero-order chi connectivity index (χ0) is 28.0. The van der Waals surface area contributed by atoms with E-state index >= 15 is 0 Å². The number of carbonyl (C=O) groups is 1. The van der Waals surface area contributed by atoms with Gasteiger partial charge in [0.1, 0.15) is 12.4 Å².